The monoisotopic (exact) mass is 275 g/mol. The summed E-state index contributed by atoms with van der Waals surface area (Å²) < 4.78 is 46.1. The first-order valence-electron chi connectivity index (χ1n) is 6.12. The summed E-state index contributed by atoms with van der Waals surface area (Å²) in [6.07, 6.45) is -2.58. The first kappa shape index (κ1) is 14.0. The van der Waals surface area contributed by atoms with Crippen LogP contribution < -0.4 is 10.5 Å². The molecule has 1 aromatic carbocycles. The Morgan fingerprint density at radius 3 is 2.53 bits per heavy atom. The summed E-state index contributed by atoms with van der Waals surface area (Å²) in [7, 11) is 0. The molecule has 19 heavy (non-hydrogen) atoms. The van der Waals surface area contributed by atoms with Gasteiger partial charge in [0.25, 0.3) is 0 Å². The largest absolute Gasteiger partial charge is 0.484 e. The molecular formula is C13H16F3NO2. The number of nitrogen functional groups attached to an aromatic ring is 1. The van der Waals surface area contributed by atoms with Gasteiger partial charge in [0.15, 0.2) is 6.61 Å². The van der Waals surface area contributed by atoms with E-state index in [1.807, 2.05) is 0 Å². The highest BCUT2D eigenvalue weighted by molar-refractivity contribution is 5.53. The van der Waals surface area contributed by atoms with Crippen LogP contribution in [0, 0.1) is 0 Å². The average Bonchev–Trinajstić information content (AvgIpc) is 2.37. The lowest BCUT2D eigenvalue weighted by Gasteiger charge is -2.24. The lowest BCUT2D eigenvalue weighted by molar-refractivity contribution is -0.153. The van der Waals surface area contributed by atoms with Crippen molar-refractivity contribution in [1.29, 1.82) is 0 Å². The van der Waals surface area contributed by atoms with Crippen LogP contribution in [0.4, 0.5) is 18.9 Å². The zero-order valence-corrected chi connectivity index (χ0v) is 10.4. The number of benzene rings is 1. The van der Waals surface area contributed by atoms with Crippen molar-refractivity contribution in [3.05, 3.63) is 23.8 Å². The van der Waals surface area contributed by atoms with Gasteiger partial charge < -0.3 is 15.2 Å². The van der Waals surface area contributed by atoms with E-state index in [0.29, 0.717) is 24.8 Å². The lowest BCUT2D eigenvalue weighted by atomic mass is 9.90. The van der Waals surface area contributed by atoms with Crippen molar-refractivity contribution in [2.45, 2.75) is 24.9 Å². The van der Waals surface area contributed by atoms with Crippen LogP contribution in [0.25, 0.3) is 0 Å². The van der Waals surface area contributed by atoms with Crippen LogP contribution in [-0.4, -0.2) is 26.0 Å². The summed E-state index contributed by atoms with van der Waals surface area (Å²) >= 11 is 0. The van der Waals surface area contributed by atoms with Crippen LogP contribution in [0.15, 0.2) is 18.2 Å². The van der Waals surface area contributed by atoms with Crippen molar-refractivity contribution >= 4 is 5.69 Å². The number of ether oxygens (including phenoxy) is 2. The molecule has 0 unspecified atom stereocenters. The van der Waals surface area contributed by atoms with Gasteiger partial charge in [-0.2, -0.15) is 13.2 Å². The maximum atomic E-state index is 12.0. The van der Waals surface area contributed by atoms with Gasteiger partial charge in [-0.25, -0.2) is 0 Å². The van der Waals surface area contributed by atoms with Gasteiger partial charge in [0.1, 0.15) is 5.75 Å². The Bertz CT molecular complexity index is 428. The van der Waals surface area contributed by atoms with E-state index in [9.17, 15) is 13.2 Å². The van der Waals surface area contributed by atoms with Gasteiger partial charge >= 0.3 is 6.18 Å². The number of halogens is 3. The Kier molecular flexibility index (Phi) is 4.19. The summed E-state index contributed by atoms with van der Waals surface area (Å²) in [6, 6.07) is 4.74. The summed E-state index contributed by atoms with van der Waals surface area (Å²) in [4.78, 5) is 0. The van der Waals surface area contributed by atoms with E-state index in [2.05, 4.69) is 4.74 Å². The van der Waals surface area contributed by atoms with Crippen molar-refractivity contribution in [3.63, 3.8) is 0 Å². The molecule has 1 fully saturated rings. The minimum absolute atomic E-state index is 0.144. The summed E-state index contributed by atoms with van der Waals surface area (Å²) in [5.74, 6) is 0.455. The zero-order valence-electron chi connectivity index (χ0n) is 10.4. The van der Waals surface area contributed by atoms with E-state index in [1.165, 1.54) is 12.1 Å². The molecule has 6 heteroatoms. The Morgan fingerprint density at radius 1 is 1.26 bits per heavy atom. The molecule has 1 aromatic rings. The zero-order chi connectivity index (χ0) is 13.9. The van der Waals surface area contributed by atoms with Gasteiger partial charge in [0.2, 0.25) is 0 Å². The number of hydrogen-bond acceptors (Lipinski definition) is 3. The minimum atomic E-state index is -4.34. The second-order valence-electron chi connectivity index (χ2n) is 4.58. The number of hydrogen-bond donors (Lipinski definition) is 1. The predicted octanol–water partition coefficient (Wildman–Crippen LogP) is 3.10. The predicted molar refractivity (Wildman–Crippen MR) is 65.2 cm³/mol. The van der Waals surface area contributed by atoms with Crippen LogP contribution in [-0.2, 0) is 4.74 Å². The molecule has 3 nitrogen and oxygen atoms in total. The Morgan fingerprint density at radius 2 is 1.95 bits per heavy atom. The fourth-order valence-electron chi connectivity index (χ4n) is 2.19. The Hall–Kier alpha value is -1.43. The van der Waals surface area contributed by atoms with Crippen molar-refractivity contribution in [2.75, 3.05) is 25.6 Å². The van der Waals surface area contributed by atoms with E-state index < -0.39 is 12.8 Å². The van der Waals surface area contributed by atoms with Crippen LogP contribution in [0.5, 0.6) is 5.75 Å². The van der Waals surface area contributed by atoms with Gasteiger partial charge in [-0.1, -0.05) is 6.07 Å². The molecule has 0 amide bonds. The number of anilines is 1. The molecule has 1 aliphatic heterocycles. The first-order valence-corrected chi connectivity index (χ1v) is 6.12. The molecule has 0 bridgehead atoms. The van der Waals surface area contributed by atoms with Crippen LogP contribution in [0.1, 0.15) is 24.3 Å². The third-order valence-electron chi connectivity index (χ3n) is 3.12. The molecule has 2 rings (SSSR count). The maximum Gasteiger partial charge on any atom is 0.422 e. The second-order valence-corrected chi connectivity index (χ2v) is 4.58. The van der Waals surface area contributed by atoms with Crippen molar-refractivity contribution in [3.8, 4) is 5.75 Å². The highest BCUT2D eigenvalue weighted by Crippen LogP contribution is 2.33. The number of alkyl halides is 3. The normalized spacial score (nSPS) is 17.4. The fraction of sp³-hybridized carbons (Fsp3) is 0.538. The standard InChI is InChI=1S/C13H16F3NO2/c14-13(15,16)8-19-10-1-2-11(12(17)7-10)9-3-5-18-6-4-9/h1-2,7,9H,3-6,8,17H2. The van der Waals surface area contributed by atoms with Crippen molar-refractivity contribution in [1.82, 2.24) is 0 Å². The highest BCUT2D eigenvalue weighted by atomic mass is 19.4. The summed E-state index contributed by atoms with van der Waals surface area (Å²) in [5.41, 5.74) is 7.33. The third kappa shape index (κ3) is 4.02. The molecule has 0 aromatic heterocycles. The quantitative estimate of drug-likeness (QED) is 0.862. The highest BCUT2D eigenvalue weighted by Gasteiger charge is 2.28. The molecule has 0 atom stereocenters. The second kappa shape index (κ2) is 5.69. The molecule has 0 radical (unpaired) electrons. The fourth-order valence-corrected chi connectivity index (χ4v) is 2.19. The van der Waals surface area contributed by atoms with Gasteiger partial charge in [-0.3, -0.25) is 0 Å². The van der Waals surface area contributed by atoms with Crippen molar-refractivity contribution < 1.29 is 22.6 Å². The van der Waals surface area contributed by atoms with Crippen LogP contribution >= 0.6 is 0 Å². The molecule has 0 spiro atoms. The molecule has 2 N–H and O–H groups in total. The topological polar surface area (TPSA) is 44.5 Å². The van der Waals surface area contributed by atoms with E-state index in [1.54, 1.807) is 6.07 Å². The third-order valence-corrected chi connectivity index (χ3v) is 3.12. The molecule has 1 heterocycles. The van der Waals surface area contributed by atoms with Crippen molar-refractivity contribution in [2.24, 2.45) is 0 Å². The Labute approximate surface area is 109 Å². The van der Waals surface area contributed by atoms with Crippen LogP contribution in [0.2, 0.25) is 0 Å². The van der Waals surface area contributed by atoms with Crippen LogP contribution in [0.3, 0.4) is 0 Å². The van der Waals surface area contributed by atoms with Gasteiger partial charge in [0, 0.05) is 25.0 Å². The Balaban J connectivity index is 2.04. The number of nitrogens with two attached hydrogens (primary N) is 1. The maximum absolute atomic E-state index is 12.0. The molecule has 1 aliphatic rings. The van der Waals surface area contributed by atoms with Gasteiger partial charge in [-0.15, -0.1) is 0 Å². The van der Waals surface area contributed by atoms with E-state index in [4.69, 9.17) is 10.5 Å². The van der Waals surface area contributed by atoms with E-state index in [-0.39, 0.29) is 5.75 Å². The van der Waals surface area contributed by atoms with E-state index in [0.717, 1.165) is 18.4 Å². The van der Waals surface area contributed by atoms with Gasteiger partial charge in [-0.05, 0) is 30.4 Å². The molecule has 106 valence electrons. The summed E-state index contributed by atoms with van der Waals surface area (Å²) in [6.45, 7) is 0.0793. The number of rotatable bonds is 3. The van der Waals surface area contributed by atoms with E-state index >= 15 is 0 Å². The molecule has 0 aliphatic carbocycles. The molecule has 0 saturated carbocycles. The molecular weight excluding hydrogens is 259 g/mol. The lowest BCUT2D eigenvalue weighted by Crippen LogP contribution is -2.19. The average molecular weight is 275 g/mol. The first-order chi connectivity index (χ1) is 8.96. The smallest absolute Gasteiger partial charge is 0.422 e. The van der Waals surface area contributed by atoms with Gasteiger partial charge in [0.05, 0.1) is 0 Å². The SMILES string of the molecule is Nc1cc(OCC(F)(F)F)ccc1C1CCOCC1. The summed E-state index contributed by atoms with van der Waals surface area (Å²) in [5, 5.41) is 0. The minimum Gasteiger partial charge on any atom is -0.484 e. The molecule has 1 saturated heterocycles.